The molecule has 0 aliphatic heterocycles. The van der Waals surface area contributed by atoms with Gasteiger partial charge in [-0.3, -0.25) is 0 Å². The first-order valence-electron chi connectivity index (χ1n) is 5.09. The van der Waals surface area contributed by atoms with Crippen molar-refractivity contribution in [1.82, 2.24) is 10.1 Å². The fraction of sp³-hybridized carbons (Fsp3) is 0.273. The molecule has 0 radical (unpaired) electrons. The van der Waals surface area contributed by atoms with Crippen molar-refractivity contribution < 1.29 is 13.3 Å². The normalized spacial score (nSPS) is 11.1. The minimum Gasteiger partial charge on any atom is -0.338 e. The molecule has 0 amide bonds. The van der Waals surface area contributed by atoms with Crippen molar-refractivity contribution in [3.05, 3.63) is 35.7 Å². The summed E-state index contributed by atoms with van der Waals surface area (Å²) < 4.78 is 29.1. The zero-order valence-corrected chi connectivity index (χ0v) is 8.94. The minimum atomic E-state index is -2.34. The van der Waals surface area contributed by atoms with Gasteiger partial charge in [0, 0.05) is 12.0 Å². The van der Waals surface area contributed by atoms with E-state index >= 15 is 0 Å². The lowest BCUT2D eigenvalue weighted by molar-refractivity contribution is 0.149. The Balaban J connectivity index is 2.17. The number of aromatic nitrogens is 2. The van der Waals surface area contributed by atoms with E-state index in [4.69, 9.17) is 10.3 Å². The van der Waals surface area contributed by atoms with Crippen LogP contribution in [0.1, 0.15) is 11.5 Å². The van der Waals surface area contributed by atoms with E-state index < -0.39 is 6.43 Å². The molecule has 0 aliphatic rings. The summed E-state index contributed by atoms with van der Waals surface area (Å²) in [6.07, 6.45) is -2.59. The molecule has 0 bridgehead atoms. The number of nitrogens with two attached hydrogens (primary N) is 1. The monoisotopic (exact) mass is 239 g/mol. The first-order chi connectivity index (χ1) is 8.19. The van der Waals surface area contributed by atoms with Gasteiger partial charge in [0.05, 0.1) is 6.54 Å². The van der Waals surface area contributed by atoms with Gasteiger partial charge < -0.3 is 10.3 Å². The standard InChI is InChI=1S/C11H11F2N3O/c12-9(13)5-7-1-3-8(4-2-7)11-15-10(6-14)17-16-11/h1-4,9H,5-6,14H2. The average molecular weight is 239 g/mol. The van der Waals surface area contributed by atoms with Crippen LogP contribution >= 0.6 is 0 Å². The molecule has 1 aromatic heterocycles. The lowest BCUT2D eigenvalue weighted by atomic mass is 10.1. The molecule has 0 saturated heterocycles. The molecular formula is C11H11F2N3O. The van der Waals surface area contributed by atoms with E-state index in [1.807, 2.05) is 0 Å². The van der Waals surface area contributed by atoms with Gasteiger partial charge in [-0.1, -0.05) is 29.4 Å². The molecule has 0 atom stereocenters. The molecule has 4 nitrogen and oxygen atoms in total. The SMILES string of the molecule is NCc1nc(-c2ccc(CC(F)F)cc2)no1. The second kappa shape index (κ2) is 5.01. The van der Waals surface area contributed by atoms with Crippen LogP contribution < -0.4 is 5.73 Å². The summed E-state index contributed by atoms with van der Waals surface area (Å²) >= 11 is 0. The molecule has 90 valence electrons. The number of hydrogen-bond donors (Lipinski definition) is 1. The minimum absolute atomic E-state index is 0.177. The number of hydrogen-bond acceptors (Lipinski definition) is 4. The van der Waals surface area contributed by atoms with Gasteiger partial charge in [-0.2, -0.15) is 4.98 Å². The predicted molar refractivity (Wildman–Crippen MR) is 57.3 cm³/mol. The zero-order chi connectivity index (χ0) is 12.3. The lowest BCUT2D eigenvalue weighted by Crippen LogP contribution is -1.96. The largest absolute Gasteiger partial charge is 0.338 e. The summed E-state index contributed by atoms with van der Waals surface area (Å²) in [6.45, 7) is 0.177. The van der Waals surface area contributed by atoms with E-state index in [1.54, 1.807) is 24.3 Å². The molecule has 2 N–H and O–H groups in total. The second-order valence-electron chi connectivity index (χ2n) is 3.51. The highest BCUT2D eigenvalue weighted by Gasteiger charge is 2.08. The van der Waals surface area contributed by atoms with E-state index in [9.17, 15) is 8.78 Å². The predicted octanol–water partition coefficient (Wildman–Crippen LogP) is 2.00. The van der Waals surface area contributed by atoms with Gasteiger partial charge in [0.2, 0.25) is 18.1 Å². The highest BCUT2D eigenvalue weighted by molar-refractivity contribution is 5.54. The van der Waals surface area contributed by atoms with Crippen LogP contribution in [0.5, 0.6) is 0 Å². The zero-order valence-electron chi connectivity index (χ0n) is 8.94. The van der Waals surface area contributed by atoms with Crippen LogP contribution in [0.4, 0.5) is 8.78 Å². The van der Waals surface area contributed by atoms with Crippen LogP contribution in [-0.4, -0.2) is 16.6 Å². The summed E-state index contributed by atoms with van der Waals surface area (Å²) in [5.74, 6) is 0.755. The van der Waals surface area contributed by atoms with Crippen molar-refractivity contribution in [2.24, 2.45) is 5.73 Å². The molecule has 2 aromatic rings. The van der Waals surface area contributed by atoms with Gasteiger partial charge in [0.1, 0.15) is 0 Å². The average Bonchev–Trinajstić information content (AvgIpc) is 2.78. The number of alkyl halides is 2. The molecule has 17 heavy (non-hydrogen) atoms. The Hall–Kier alpha value is -1.82. The van der Waals surface area contributed by atoms with Crippen molar-refractivity contribution in [2.75, 3.05) is 0 Å². The fourth-order valence-electron chi connectivity index (χ4n) is 1.42. The van der Waals surface area contributed by atoms with Crippen LogP contribution in [0.3, 0.4) is 0 Å². The topological polar surface area (TPSA) is 64.9 Å². The number of nitrogens with zero attached hydrogens (tertiary/aromatic N) is 2. The van der Waals surface area contributed by atoms with E-state index in [1.165, 1.54) is 0 Å². The molecule has 2 rings (SSSR count). The van der Waals surface area contributed by atoms with Crippen molar-refractivity contribution in [3.8, 4) is 11.4 Å². The third-order valence-corrected chi connectivity index (χ3v) is 2.24. The number of benzene rings is 1. The molecular weight excluding hydrogens is 228 g/mol. The maximum absolute atomic E-state index is 12.1. The van der Waals surface area contributed by atoms with Crippen LogP contribution in [0.15, 0.2) is 28.8 Å². The quantitative estimate of drug-likeness (QED) is 0.886. The van der Waals surface area contributed by atoms with Gasteiger partial charge >= 0.3 is 0 Å². The van der Waals surface area contributed by atoms with Crippen molar-refractivity contribution in [1.29, 1.82) is 0 Å². The first-order valence-corrected chi connectivity index (χ1v) is 5.09. The van der Waals surface area contributed by atoms with Gasteiger partial charge in [-0.05, 0) is 5.56 Å². The Kier molecular flexibility index (Phi) is 3.43. The maximum atomic E-state index is 12.1. The molecule has 0 aliphatic carbocycles. The Labute approximate surface area is 96.4 Å². The van der Waals surface area contributed by atoms with Crippen molar-refractivity contribution in [3.63, 3.8) is 0 Å². The van der Waals surface area contributed by atoms with Crippen LogP contribution in [0, 0.1) is 0 Å². The molecule has 0 fully saturated rings. The van der Waals surface area contributed by atoms with Gasteiger partial charge in [0.15, 0.2) is 0 Å². The summed E-state index contributed by atoms with van der Waals surface area (Å²) in [4.78, 5) is 4.04. The van der Waals surface area contributed by atoms with Crippen molar-refractivity contribution in [2.45, 2.75) is 19.4 Å². The molecule has 6 heteroatoms. The number of halogens is 2. The van der Waals surface area contributed by atoms with Gasteiger partial charge in [-0.15, -0.1) is 0 Å². The van der Waals surface area contributed by atoms with E-state index in [0.29, 0.717) is 22.8 Å². The van der Waals surface area contributed by atoms with Gasteiger partial charge in [0.25, 0.3) is 0 Å². The third-order valence-electron chi connectivity index (χ3n) is 2.24. The van der Waals surface area contributed by atoms with Crippen molar-refractivity contribution >= 4 is 0 Å². The van der Waals surface area contributed by atoms with Crippen LogP contribution in [0.2, 0.25) is 0 Å². The van der Waals surface area contributed by atoms with E-state index in [-0.39, 0.29) is 13.0 Å². The Morgan fingerprint density at radius 3 is 2.47 bits per heavy atom. The highest BCUT2D eigenvalue weighted by atomic mass is 19.3. The number of rotatable bonds is 4. The van der Waals surface area contributed by atoms with Gasteiger partial charge in [-0.25, -0.2) is 8.78 Å². The molecule has 1 aromatic carbocycles. The Bertz CT molecular complexity index is 482. The van der Waals surface area contributed by atoms with Crippen LogP contribution in [-0.2, 0) is 13.0 Å². The Morgan fingerprint density at radius 1 is 1.24 bits per heavy atom. The molecule has 1 heterocycles. The summed E-state index contributed by atoms with van der Waals surface area (Å²) in [5, 5.41) is 3.73. The first kappa shape index (κ1) is 11.7. The maximum Gasteiger partial charge on any atom is 0.242 e. The summed E-state index contributed by atoms with van der Waals surface area (Å²) in [5.41, 5.74) is 6.63. The Morgan fingerprint density at radius 2 is 1.94 bits per heavy atom. The third kappa shape index (κ3) is 2.85. The summed E-state index contributed by atoms with van der Waals surface area (Å²) in [6, 6.07) is 6.62. The van der Waals surface area contributed by atoms with E-state index in [0.717, 1.165) is 0 Å². The summed E-state index contributed by atoms with van der Waals surface area (Å²) in [7, 11) is 0. The molecule has 0 saturated carbocycles. The second-order valence-corrected chi connectivity index (χ2v) is 3.51. The highest BCUT2D eigenvalue weighted by Crippen LogP contribution is 2.17. The molecule has 0 spiro atoms. The smallest absolute Gasteiger partial charge is 0.242 e. The fourth-order valence-corrected chi connectivity index (χ4v) is 1.42. The molecule has 0 unspecified atom stereocenters. The lowest BCUT2D eigenvalue weighted by Gasteiger charge is -2.00. The van der Waals surface area contributed by atoms with E-state index in [2.05, 4.69) is 10.1 Å². The van der Waals surface area contributed by atoms with Crippen LogP contribution in [0.25, 0.3) is 11.4 Å².